The number of rotatable bonds is 4. The molecule has 0 aromatic rings. The standard InChI is InChI=1S/C9H18N2/c1-2-7-11-9(8-10)5-3-4-6-9/h2,11H,1,3-8,10H2. The van der Waals surface area contributed by atoms with E-state index in [2.05, 4.69) is 11.9 Å². The minimum absolute atomic E-state index is 0.244. The van der Waals surface area contributed by atoms with Crippen molar-refractivity contribution in [3.63, 3.8) is 0 Å². The second kappa shape index (κ2) is 3.88. The Balaban J connectivity index is 2.38. The first-order valence-corrected chi connectivity index (χ1v) is 4.39. The van der Waals surface area contributed by atoms with Gasteiger partial charge in [0.05, 0.1) is 0 Å². The quantitative estimate of drug-likeness (QED) is 0.594. The third-order valence-electron chi connectivity index (χ3n) is 2.57. The molecule has 0 amide bonds. The summed E-state index contributed by atoms with van der Waals surface area (Å²) in [5.41, 5.74) is 5.96. The van der Waals surface area contributed by atoms with Gasteiger partial charge < -0.3 is 11.1 Å². The second-order valence-corrected chi connectivity index (χ2v) is 3.36. The highest BCUT2D eigenvalue weighted by Gasteiger charge is 2.30. The van der Waals surface area contributed by atoms with Crippen molar-refractivity contribution >= 4 is 0 Å². The van der Waals surface area contributed by atoms with Gasteiger partial charge in [0.1, 0.15) is 0 Å². The summed E-state index contributed by atoms with van der Waals surface area (Å²) in [6.45, 7) is 5.33. The first-order valence-electron chi connectivity index (χ1n) is 4.39. The van der Waals surface area contributed by atoms with Crippen LogP contribution in [0.4, 0.5) is 0 Å². The van der Waals surface area contributed by atoms with Crippen LogP contribution in [0, 0.1) is 0 Å². The van der Waals surface area contributed by atoms with Crippen LogP contribution < -0.4 is 11.1 Å². The molecule has 64 valence electrons. The Morgan fingerprint density at radius 3 is 2.55 bits per heavy atom. The van der Waals surface area contributed by atoms with Gasteiger partial charge in [-0.05, 0) is 12.8 Å². The van der Waals surface area contributed by atoms with Crippen LogP contribution in [0.1, 0.15) is 25.7 Å². The van der Waals surface area contributed by atoms with Crippen molar-refractivity contribution in [1.29, 1.82) is 0 Å². The summed E-state index contributed by atoms with van der Waals surface area (Å²) in [7, 11) is 0. The summed E-state index contributed by atoms with van der Waals surface area (Å²) in [5, 5.41) is 3.45. The van der Waals surface area contributed by atoms with E-state index in [-0.39, 0.29) is 5.54 Å². The average Bonchev–Trinajstić information content (AvgIpc) is 2.50. The first-order chi connectivity index (χ1) is 5.33. The van der Waals surface area contributed by atoms with Gasteiger partial charge in [-0.1, -0.05) is 18.9 Å². The normalized spacial score (nSPS) is 21.9. The lowest BCUT2D eigenvalue weighted by molar-refractivity contribution is 0.356. The number of nitrogens with one attached hydrogen (secondary N) is 1. The van der Waals surface area contributed by atoms with Crippen molar-refractivity contribution in [2.24, 2.45) is 5.73 Å². The van der Waals surface area contributed by atoms with E-state index in [1.54, 1.807) is 0 Å². The van der Waals surface area contributed by atoms with Crippen LogP contribution in [-0.4, -0.2) is 18.6 Å². The highest BCUT2D eigenvalue weighted by molar-refractivity contribution is 4.95. The summed E-state index contributed by atoms with van der Waals surface area (Å²) >= 11 is 0. The van der Waals surface area contributed by atoms with E-state index in [9.17, 15) is 0 Å². The fraction of sp³-hybridized carbons (Fsp3) is 0.778. The summed E-state index contributed by atoms with van der Waals surface area (Å²) in [6.07, 6.45) is 7.01. The predicted molar refractivity (Wildman–Crippen MR) is 48.5 cm³/mol. The third-order valence-corrected chi connectivity index (χ3v) is 2.57. The van der Waals surface area contributed by atoms with E-state index >= 15 is 0 Å². The smallest absolute Gasteiger partial charge is 0.0306 e. The molecule has 1 saturated carbocycles. The van der Waals surface area contributed by atoms with Crippen LogP contribution in [0.2, 0.25) is 0 Å². The Morgan fingerprint density at radius 2 is 2.09 bits per heavy atom. The van der Waals surface area contributed by atoms with Gasteiger partial charge in [0.2, 0.25) is 0 Å². The Kier molecular flexibility index (Phi) is 3.09. The minimum Gasteiger partial charge on any atom is -0.329 e. The number of hydrogen-bond donors (Lipinski definition) is 2. The molecule has 0 saturated heterocycles. The average molecular weight is 154 g/mol. The first kappa shape index (κ1) is 8.75. The van der Waals surface area contributed by atoms with Gasteiger partial charge >= 0.3 is 0 Å². The molecule has 0 bridgehead atoms. The van der Waals surface area contributed by atoms with Crippen molar-refractivity contribution in [1.82, 2.24) is 5.32 Å². The molecule has 1 fully saturated rings. The molecule has 0 aromatic carbocycles. The minimum atomic E-state index is 0.244. The molecule has 0 aromatic heterocycles. The van der Waals surface area contributed by atoms with Crippen molar-refractivity contribution in [3.8, 4) is 0 Å². The molecule has 2 heteroatoms. The lowest BCUT2D eigenvalue weighted by atomic mass is 9.98. The predicted octanol–water partition coefficient (Wildman–Crippen LogP) is 1.03. The van der Waals surface area contributed by atoms with Crippen LogP contribution in [-0.2, 0) is 0 Å². The monoisotopic (exact) mass is 154 g/mol. The highest BCUT2D eigenvalue weighted by atomic mass is 15.0. The number of hydrogen-bond acceptors (Lipinski definition) is 2. The van der Waals surface area contributed by atoms with Gasteiger partial charge in [-0.15, -0.1) is 6.58 Å². The van der Waals surface area contributed by atoms with Gasteiger partial charge in [-0.3, -0.25) is 0 Å². The Hall–Kier alpha value is -0.340. The zero-order valence-electron chi connectivity index (χ0n) is 7.10. The van der Waals surface area contributed by atoms with E-state index in [1.165, 1.54) is 25.7 Å². The van der Waals surface area contributed by atoms with Gasteiger partial charge in [0.15, 0.2) is 0 Å². The van der Waals surface area contributed by atoms with E-state index in [4.69, 9.17) is 5.73 Å². The molecule has 0 unspecified atom stereocenters. The molecule has 11 heavy (non-hydrogen) atoms. The molecule has 3 N–H and O–H groups in total. The lowest BCUT2D eigenvalue weighted by Gasteiger charge is -2.28. The SMILES string of the molecule is C=CCNC1(CN)CCCC1. The van der Waals surface area contributed by atoms with Gasteiger partial charge in [-0.25, -0.2) is 0 Å². The molecule has 0 heterocycles. The van der Waals surface area contributed by atoms with Gasteiger partial charge in [-0.2, -0.15) is 0 Å². The largest absolute Gasteiger partial charge is 0.329 e. The Bertz CT molecular complexity index is 126. The van der Waals surface area contributed by atoms with Crippen LogP contribution in [0.5, 0.6) is 0 Å². The van der Waals surface area contributed by atoms with E-state index in [0.29, 0.717) is 0 Å². The van der Waals surface area contributed by atoms with Gasteiger partial charge in [0.25, 0.3) is 0 Å². The van der Waals surface area contributed by atoms with Crippen molar-refractivity contribution in [2.75, 3.05) is 13.1 Å². The summed E-state index contributed by atoms with van der Waals surface area (Å²) < 4.78 is 0. The molecule has 0 spiro atoms. The van der Waals surface area contributed by atoms with E-state index < -0.39 is 0 Å². The molecule has 1 aliphatic carbocycles. The van der Waals surface area contributed by atoms with Crippen LogP contribution >= 0.6 is 0 Å². The van der Waals surface area contributed by atoms with Crippen LogP contribution in [0.3, 0.4) is 0 Å². The van der Waals surface area contributed by atoms with Crippen LogP contribution in [0.25, 0.3) is 0 Å². The maximum Gasteiger partial charge on any atom is 0.0306 e. The second-order valence-electron chi connectivity index (χ2n) is 3.36. The molecule has 0 radical (unpaired) electrons. The van der Waals surface area contributed by atoms with Crippen LogP contribution in [0.15, 0.2) is 12.7 Å². The highest BCUT2D eigenvalue weighted by Crippen LogP contribution is 2.28. The molecule has 0 atom stereocenters. The van der Waals surface area contributed by atoms with Gasteiger partial charge in [0, 0.05) is 18.6 Å². The summed E-state index contributed by atoms with van der Waals surface area (Å²) in [4.78, 5) is 0. The summed E-state index contributed by atoms with van der Waals surface area (Å²) in [5.74, 6) is 0. The molecule has 2 nitrogen and oxygen atoms in total. The number of nitrogens with two attached hydrogens (primary N) is 1. The molecular formula is C9H18N2. The molecule has 0 aliphatic heterocycles. The maximum absolute atomic E-state index is 5.71. The zero-order chi connectivity index (χ0) is 8.16. The van der Waals surface area contributed by atoms with E-state index in [1.807, 2.05) is 6.08 Å². The van der Waals surface area contributed by atoms with E-state index in [0.717, 1.165) is 13.1 Å². The Morgan fingerprint density at radius 1 is 1.45 bits per heavy atom. The van der Waals surface area contributed by atoms with Crippen molar-refractivity contribution in [2.45, 2.75) is 31.2 Å². The van der Waals surface area contributed by atoms with Crippen molar-refractivity contribution < 1.29 is 0 Å². The Labute approximate surface area is 68.9 Å². The molecular weight excluding hydrogens is 136 g/mol. The lowest BCUT2D eigenvalue weighted by Crippen LogP contribution is -2.48. The maximum atomic E-state index is 5.71. The molecule has 1 rings (SSSR count). The zero-order valence-corrected chi connectivity index (χ0v) is 7.10. The third kappa shape index (κ3) is 2.04. The fourth-order valence-electron chi connectivity index (χ4n) is 1.79. The fourth-order valence-corrected chi connectivity index (χ4v) is 1.79. The topological polar surface area (TPSA) is 38.0 Å². The van der Waals surface area contributed by atoms with Crippen molar-refractivity contribution in [3.05, 3.63) is 12.7 Å². The molecule has 1 aliphatic rings. The summed E-state index contributed by atoms with van der Waals surface area (Å²) in [6, 6.07) is 0.